The minimum atomic E-state index is -3.58. The Bertz CT molecular complexity index is 1050. The summed E-state index contributed by atoms with van der Waals surface area (Å²) in [5.74, 6) is -0.570. The molecule has 0 N–H and O–H groups in total. The summed E-state index contributed by atoms with van der Waals surface area (Å²) in [7, 11) is -2.32. The fraction of sp³-hybridized carbons (Fsp3) is 0.176. The largest absolute Gasteiger partial charge is 0.465 e. The van der Waals surface area contributed by atoms with Crippen LogP contribution in [0.15, 0.2) is 47.6 Å². The number of nitrogens with zero attached hydrogens (tertiary/aromatic N) is 2. The standard InChI is InChI=1S/C17H16N2O4S/c1-11-12(17(20)23-2)8-9-15(16(11)24(3,21)22)19-10-18-13-6-4-5-7-14(13)19/h4-10H,1-3H3. The van der Waals surface area contributed by atoms with Crippen LogP contribution in [0, 0.1) is 6.92 Å². The maximum Gasteiger partial charge on any atom is 0.338 e. The van der Waals surface area contributed by atoms with Crippen molar-refractivity contribution in [1.29, 1.82) is 0 Å². The maximum absolute atomic E-state index is 12.4. The number of aromatic nitrogens is 2. The minimum absolute atomic E-state index is 0.0913. The van der Waals surface area contributed by atoms with Crippen molar-refractivity contribution in [2.24, 2.45) is 0 Å². The third-order valence-electron chi connectivity index (χ3n) is 3.87. The molecule has 0 saturated heterocycles. The van der Waals surface area contributed by atoms with Crippen molar-refractivity contribution < 1.29 is 17.9 Å². The predicted octanol–water partition coefficient (Wildman–Crippen LogP) is 2.52. The SMILES string of the molecule is COC(=O)c1ccc(-n2cnc3ccccc32)c(S(C)(=O)=O)c1C. The van der Waals surface area contributed by atoms with Crippen molar-refractivity contribution in [3.8, 4) is 5.69 Å². The number of ether oxygens (including phenoxy) is 1. The molecule has 0 aliphatic carbocycles. The van der Waals surface area contributed by atoms with Crippen molar-refractivity contribution in [2.75, 3.05) is 13.4 Å². The monoisotopic (exact) mass is 344 g/mol. The lowest BCUT2D eigenvalue weighted by atomic mass is 10.1. The van der Waals surface area contributed by atoms with Crippen LogP contribution in [0.4, 0.5) is 0 Å². The number of fused-ring (bicyclic) bond motifs is 1. The predicted molar refractivity (Wildman–Crippen MR) is 90.3 cm³/mol. The zero-order valence-corrected chi connectivity index (χ0v) is 14.3. The first kappa shape index (κ1) is 16.2. The highest BCUT2D eigenvalue weighted by atomic mass is 32.2. The lowest BCUT2D eigenvalue weighted by Gasteiger charge is -2.15. The number of hydrogen-bond donors (Lipinski definition) is 0. The zero-order chi connectivity index (χ0) is 17.5. The molecule has 0 unspecified atom stereocenters. The highest BCUT2D eigenvalue weighted by Crippen LogP contribution is 2.29. The fourth-order valence-corrected chi connectivity index (χ4v) is 4.03. The second kappa shape index (κ2) is 5.76. The van der Waals surface area contributed by atoms with E-state index >= 15 is 0 Å². The Morgan fingerprint density at radius 2 is 1.88 bits per heavy atom. The molecule has 0 atom stereocenters. The Balaban J connectivity index is 2.37. The molecular weight excluding hydrogens is 328 g/mol. The third-order valence-corrected chi connectivity index (χ3v) is 5.13. The van der Waals surface area contributed by atoms with Crippen LogP contribution in [-0.4, -0.2) is 37.3 Å². The molecule has 0 aliphatic heterocycles. The first-order valence-electron chi connectivity index (χ1n) is 7.19. The van der Waals surface area contributed by atoms with Gasteiger partial charge in [0, 0.05) is 6.26 Å². The van der Waals surface area contributed by atoms with E-state index in [1.165, 1.54) is 7.11 Å². The number of para-hydroxylation sites is 2. The lowest BCUT2D eigenvalue weighted by molar-refractivity contribution is 0.0599. The first-order chi connectivity index (χ1) is 11.3. The molecule has 1 aromatic heterocycles. The summed E-state index contributed by atoms with van der Waals surface area (Å²) in [6.07, 6.45) is 2.70. The summed E-state index contributed by atoms with van der Waals surface area (Å²) in [5, 5.41) is 0. The third kappa shape index (κ3) is 2.56. The molecule has 1 heterocycles. The van der Waals surface area contributed by atoms with Crippen LogP contribution in [0.25, 0.3) is 16.7 Å². The van der Waals surface area contributed by atoms with E-state index in [1.807, 2.05) is 24.3 Å². The van der Waals surface area contributed by atoms with E-state index in [-0.39, 0.29) is 10.5 Å². The van der Waals surface area contributed by atoms with Gasteiger partial charge in [-0.15, -0.1) is 0 Å². The molecule has 0 fully saturated rings. The van der Waals surface area contributed by atoms with E-state index in [0.717, 1.165) is 17.3 Å². The Labute approximate surface area is 139 Å². The molecule has 0 aliphatic rings. The second-order valence-corrected chi connectivity index (χ2v) is 7.41. The molecule has 0 saturated carbocycles. The van der Waals surface area contributed by atoms with Crippen molar-refractivity contribution in [3.05, 3.63) is 53.9 Å². The topological polar surface area (TPSA) is 78.3 Å². The Morgan fingerprint density at radius 3 is 2.54 bits per heavy atom. The summed E-state index contributed by atoms with van der Waals surface area (Å²) < 4.78 is 31.2. The molecule has 124 valence electrons. The molecule has 6 nitrogen and oxygen atoms in total. The van der Waals surface area contributed by atoms with Crippen LogP contribution >= 0.6 is 0 Å². The number of carbonyl (C=O) groups is 1. The van der Waals surface area contributed by atoms with Crippen LogP contribution < -0.4 is 0 Å². The van der Waals surface area contributed by atoms with Gasteiger partial charge in [0.2, 0.25) is 0 Å². The average molecular weight is 344 g/mol. The molecule has 0 spiro atoms. The summed E-state index contributed by atoms with van der Waals surface area (Å²) in [6, 6.07) is 10.6. The van der Waals surface area contributed by atoms with Gasteiger partial charge < -0.3 is 4.74 Å². The van der Waals surface area contributed by atoms with Crippen LogP contribution in [0.2, 0.25) is 0 Å². The number of esters is 1. The van der Waals surface area contributed by atoms with Crippen LogP contribution in [0.5, 0.6) is 0 Å². The normalized spacial score (nSPS) is 11.6. The number of hydrogen-bond acceptors (Lipinski definition) is 5. The van der Waals surface area contributed by atoms with E-state index in [0.29, 0.717) is 11.3 Å². The first-order valence-corrected chi connectivity index (χ1v) is 9.08. The van der Waals surface area contributed by atoms with Crippen molar-refractivity contribution >= 4 is 26.8 Å². The number of sulfone groups is 1. The molecule has 0 radical (unpaired) electrons. The number of carbonyl (C=O) groups excluding carboxylic acids is 1. The average Bonchev–Trinajstić information content (AvgIpc) is 2.96. The van der Waals surface area contributed by atoms with E-state index in [1.54, 1.807) is 30.0 Å². The second-order valence-electron chi connectivity index (χ2n) is 5.45. The smallest absolute Gasteiger partial charge is 0.338 e. The molecule has 3 aromatic rings. The van der Waals surface area contributed by atoms with Gasteiger partial charge in [-0.1, -0.05) is 12.1 Å². The Hall–Kier alpha value is -2.67. The van der Waals surface area contributed by atoms with Gasteiger partial charge in [0.15, 0.2) is 9.84 Å². The quantitative estimate of drug-likeness (QED) is 0.682. The van der Waals surface area contributed by atoms with Gasteiger partial charge in [-0.25, -0.2) is 18.2 Å². The highest BCUT2D eigenvalue weighted by molar-refractivity contribution is 7.90. The molecule has 0 bridgehead atoms. The number of rotatable bonds is 3. The van der Waals surface area contributed by atoms with Gasteiger partial charge in [-0.3, -0.25) is 4.57 Å². The van der Waals surface area contributed by atoms with Crippen LogP contribution in [-0.2, 0) is 14.6 Å². The molecule has 7 heteroatoms. The summed E-state index contributed by atoms with van der Waals surface area (Å²) >= 11 is 0. The Morgan fingerprint density at radius 1 is 1.17 bits per heavy atom. The van der Waals surface area contributed by atoms with Crippen LogP contribution in [0.1, 0.15) is 15.9 Å². The molecule has 3 rings (SSSR count). The van der Waals surface area contributed by atoms with Gasteiger partial charge in [0.25, 0.3) is 0 Å². The van der Waals surface area contributed by atoms with Crippen molar-refractivity contribution in [2.45, 2.75) is 11.8 Å². The van der Waals surface area contributed by atoms with Crippen LogP contribution in [0.3, 0.4) is 0 Å². The van der Waals surface area contributed by atoms with Gasteiger partial charge in [-0.2, -0.15) is 0 Å². The van der Waals surface area contributed by atoms with Crippen molar-refractivity contribution in [3.63, 3.8) is 0 Å². The van der Waals surface area contributed by atoms with Gasteiger partial charge in [0.1, 0.15) is 6.33 Å². The maximum atomic E-state index is 12.4. The number of methoxy groups -OCH3 is 1. The summed E-state index contributed by atoms with van der Waals surface area (Å²) in [5.41, 5.74) is 2.58. The lowest BCUT2D eigenvalue weighted by Crippen LogP contribution is -2.12. The highest BCUT2D eigenvalue weighted by Gasteiger charge is 2.23. The summed E-state index contributed by atoms with van der Waals surface area (Å²) in [6.45, 7) is 1.60. The number of benzene rings is 2. The van der Waals surface area contributed by atoms with Crippen molar-refractivity contribution in [1.82, 2.24) is 9.55 Å². The van der Waals surface area contributed by atoms with E-state index < -0.39 is 15.8 Å². The minimum Gasteiger partial charge on any atom is -0.465 e. The summed E-state index contributed by atoms with van der Waals surface area (Å²) in [4.78, 5) is 16.3. The molecule has 24 heavy (non-hydrogen) atoms. The van der Waals surface area contributed by atoms with E-state index in [4.69, 9.17) is 4.74 Å². The molecule has 0 amide bonds. The van der Waals surface area contributed by atoms with Gasteiger partial charge >= 0.3 is 5.97 Å². The zero-order valence-electron chi connectivity index (χ0n) is 13.5. The molecular formula is C17H16N2O4S. The Kier molecular flexibility index (Phi) is 3.88. The molecule has 2 aromatic carbocycles. The fourth-order valence-electron chi connectivity index (χ4n) is 2.82. The van der Waals surface area contributed by atoms with Gasteiger partial charge in [-0.05, 0) is 36.8 Å². The van der Waals surface area contributed by atoms with E-state index in [9.17, 15) is 13.2 Å². The van der Waals surface area contributed by atoms with E-state index in [2.05, 4.69) is 4.98 Å². The number of imidazole rings is 1. The van der Waals surface area contributed by atoms with Gasteiger partial charge in [0.05, 0.1) is 34.3 Å².